The SMILES string of the molecule is CCCN1CCN(c2ccc(Nc3nnc(C(N)=O)c(NC4CC4)n3)cc2)CC1. The Morgan fingerprint density at radius 3 is 2.48 bits per heavy atom. The number of piperazine rings is 1. The monoisotopic (exact) mass is 396 g/mol. The predicted molar refractivity (Wildman–Crippen MR) is 114 cm³/mol. The molecule has 0 bridgehead atoms. The van der Waals surface area contributed by atoms with Crippen LogP contribution in [0, 0.1) is 0 Å². The first-order chi connectivity index (χ1) is 14.1. The lowest BCUT2D eigenvalue weighted by Crippen LogP contribution is -2.46. The molecule has 2 fully saturated rings. The van der Waals surface area contributed by atoms with Gasteiger partial charge in [-0.05, 0) is 50.1 Å². The van der Waals surface area contributed by atoms with Gasteiger partial charge in [0.1, 0.15) is 0 Å². The van der Waals surface area contributed by atoms with Crippen molar-refractivity contribution in [3.63, 3.8) is 0 Å². The Kier molecular flexibility index (Phi) is 5.75. The zero-order valence-electron chi connectivity index (χ0n) is 16.8. The second kappa shape index (κ2) is 8.60. The van der Waals surface area contributed by atoms with Gasteiger partial charge < -0.3 is 21.3 Å². The topological polar surface area (TPSA) is 112 Å². The molecule has 154 valence electrons. The van der Waals surface area contributed by atoms with E-state index < -0.39 is 5.91 Å². The molecule has 0 unspecified atom stereocenters. The number of aromatic nitrogens is 3. The van der Waals surface area contributed by atoms with Gasteiger partial charge in [0.05, 0.1) is 0 Å². The van der Waals surface area contributed by atoms with E-state index in [4.69, 9.17) is 5.73 Å². The second-order valence-corrected chi connectivity index (χ2v) is 7.62. The molecule has 1 saturated carbocycles. The second-order valence-electron chi connectivity index (χ2n) is 7.62. The molecule has 1 aromatic heterocycles. The van der Waals surface area contributed by atoms with Crippen LogP contribution in [-0.4, -0.2) is 64.8 Å². The van der Waals surface area contributed by atoms with Crippen LogP contribution in [-0.2, 0) is 0 Å². The highest BCUT2D eigenvalue weighted by Crippen LogP contribution is 2.26. The maximum atomic E-state index is 11.5. The predicted octanol–water partition coefficient (Wildman–Crippen LogP) is 1.82. The third-order valence-corrected chi connectivity index (χ3v) is 5.24. The van der Waals surface area contributed by atoms with Crippen molar-refractivity contribution in [2.45, 2.75) is 32.2 Å². The van der Waals surface area contributed by atoms with Crippen molar-refractivity contribution < 1.29 is 4.79 Å². The number of nitrogens with one attached hydrogen (secondary N) is 2. The van der Waals surface area contributed by atoms with Crippen molar-refractivity contribution in [1.82, 2.24) is 20.1 Å². The summed E-state index contributed by atoms with van der Waals surface area (Å²) in [4.78, 5) is 20.9. The van der Waals surface area contributed by atoms with Crippen LogP contribution in [0.4, 0.5) is 23.1 Å². The fourth-order valence-corrected chi connectivity index (χ4v) is 3.50. The van der Waals surface area contributed by atoms with Crippen LogP contribution in [0.3, 0.4) is 0 Å². The average Bonchev–Trinajstić information content (AvgIpc) is 3.53. The number of carbonyl (C=O) groups excluding carboxylic acids is 1. The molecule has 2 heterocycles. The molecule has 9 nitrogen and oxygen atoms in total. The number of hydrogen-bond acceptors (Lipinski definition) is 8. The molecule has 0 radical (unpaired) electrons. The van der Waals surface area contributed by atoms with Crippen LogP contribution in [0.5, 0.6) is 0 Å². The minimum absolute atomic E-state index is 0.0695. The molecule has 1 aliphatic heterocycles. The molecule has 4 rings (SSSR count). The van der Waals surface area contributed by atoms with E-state index in [1.807, 2.05) is 12.1 Å². The number of benzene rings is 1. The van der Waals surface area contributed by atoms with Crippen LogP contribution in [0.2, 0.25) is 0 Å². The molecule has 0 spiro atoms. The van der Waals surface area contributed by atoms with Crippen LogP contribution >= 0.6 is 0 Å². The molecule has 1 amide bonds. The maximum Gasteiger partial charge on any atom is 0.273 e. The van der Waals surface area contributed by atoms with Crippen LogP contribution in [0.1, 0.15) is 36.7 Å². The number of nitrogens with zero attached hydrogens (tertiary/aromatic N) is 5. The summed E-state index contributed by atoms with van der Waals surface area (Å²) in [7, 11) is 0. The zero-order chi connectivity index (χ0) is 20.2. The highest BCUT2D eigenvalue weighted by Gasteiger charge is 2.25. The van der Waals surface area contributed by atoms with Gasteiger partial charge in [0.2, 0.25) is 5.95 Å². The van der Waals surface area contributed by atoms with Crippen LogP contribution in [0.25, 0.3) is 0 Å². The first-order valence-corrected chi connectivity index (χ1v) is 10.3. The summed E-state index contributed by atoms with van der Waals surface area (Å²) >= 11 is 0. The van der Waals surface area contributed by atoms with Crippen molar-refractivity contribution in [2.24, 2.45) is 5.73 Å². The Bertz CT molecular complexity index is 844. The Morgan fingerprint density at radius 1 is 1.14 bits per heavy atom. The molecule has 1 aromatic carbocycles. The molecular formula is C20H28N8O. The minimum Gasteiger partial charge on any atom is -0.369 e. The van der Waals surface area contributed by atoms with Crippen molar-refractivity contribution >= 4 is 29.0 Å². The van der Waals surface area contributed by atoms with Crippen molar-refractivity contribution in [1.29, 1.82) is 0 Å². The summed E-state index contributed by atoms with van der Waals surface area (Å²) in [5.74, 6) is 0.0845. The zero-order valence-corrected chi connectivity index (χ0v) is 16.8. The Morgan fingerprint density at radius 2 is 1.86 bits per heavy atom. The standard InChI is InChI=1S/C20H28N8O/c1-2-9-27-10-12-28(13-11-27)16-7-5-15(6-8-16)23-20-24-19(22-14-3-4-14)17(18(21)29)25-26-20/h5-8,14H,2-4,9-13H2,1H3,(H2,21,29)(H2,22,23,24,26). The van der Waals surface area contributed by atoms with Crippen LogP contribution < -0.4 is 21.3 Å². The third kappa shape index (κ3) is 4.92. The third-order valence-electron chi connectivity index (χ3n) is 5.24. The molecule has 1 saturated heterocycles. The molecule has 0 atom stereocenters. The maximum absolute atomic E-state index is 11.5. The van der Waals surface area contributed by atoms with Gasteiger partial charge in [0, 0.05) is 43.6 Å². The fraction of sp³-hybridized carbons (Fsp3) is 0.500. The smallest absolute Gasteiger partial charge is 0.273 e. The van der Waals surface area contributed by atoms with E-state index in [2.05, 4.69) is 54.7 Å². The lowest BCUT2D eigenvalue weighted by molar-refractivity contribution is 0.0995. The largest absolute Gasteiger partial charge is 0.369 e. The number of nitrogens with two attached hydrogens (primary N) is 1. The fourth-order valence-electron chi connectivity index (χ4n) is 3.50. The Labute approximate surface area is 170 Å². The summed E-state index contributed by atoms with van der Waals surface area (Å²) in [6.07, 6.45) is 3.31. The molecule has 9 heteroatoms. The van der Waals surface area contributed by atoms with Gasteiger partial charge in [-0.1, -0.05) is 6.92 Å². The van der Waals surface area contributed by atoms with Crippen molar-refractivity contribution in [2.75, 3.05) is 48.3 Å². The van der Waals surface area contributed by atoms with E-state index in [9.17, 15) is 4.79 Å². The Hall–Kier alpha value is -2.94. The summed E-state index contributed by atoms with van der Waals surface area (Å²) < 4.78 is 0. The van der Waals surface area contributed by atoms with Crippen LogP contribution in [0.15, 0.2) is 24.3 Å². The van der Waals surface area contributed by atoms with Gasteiger partial charge in [-0.3, -0.25) is 9.69 Å². The summed E-state index contributed by atoms with van der Waals surface area (Å²) in [6, 6.07) is 8.55. The summed E-state index contributed by atoms with van der Waals surface area (Å²) in [6.45, 7) is 7.71. The van der Waals surface area contributed by atoms with E-state index in [0.717, 1.165) is 44.7 Å². The molecule has 29 heavy (non-hydrogen) atoms. The number of hydrogen-bond donors (Lipinski definition) is 3. The van der Waals surface area contributed by atoms with E-state index in [-0.39, 0.29) is 5.69 Å². The van der Waals surface area contributed by atoms with Crippen molar-refractivity contribution in [3.05, 3.63) is 30.0 Å². The van der Waals surface area contributed by atoms with Gasteiger partial charge in [0.25, 0.3) is 5.91 Å². The van der Waals surface area contributed by atoms with Gasteiger partial charge >= 0.3 is 0 Å². The Balaban J connectivity index is 1.40. The van der Waals surface area contributed by atoms with Gasteiger partial charge in [-0.2, -0.15) is 4.98 Å². The van der Waals surface area contributed by atoms with Crippen molar-refractivity contribution in [3.8, 4) is 0 Å². The minimum atomic E-state index is -0.636. The summed E-state index contributed by atoms with van der Waals surface area (Å²) in [5, 5.41) is 14.3. The molecule has 2 aliphatic rings. The molecular weight excluding hydrogens is 368 g/mol. The van der Waals surface area contributed by atoms with E-state index in [1.165, 1.54) is 18.7 Å². The van der Waals surface area contributed by atoms with E-state index >= 15 is 0 Å². The quantitative estimate of drug-likeness (QED) is 0.619. The highest BCUT2D eigenvalue weighted by atomic mass is 16.1. The number of primary amides is 1. The first kappa shape index (κ1) is 19.4. The number of rotatable bonds is 8. The molecule has 4 N–H and O–H groups in total. The average molecular weight is 396 g/mol. The number of amides is 1. The molecule has 2 aromatic rings. The van der Waals surface area contributed by atoms with Gasteiger partial charge in [-0.15, -0.1) is 10.2 Å². The van der Waals surface area contributed by atoms with E-state index in [0.29, 0.717) is 17.8 Å². The van der Waals surface area contributed by atoms with Gasteiger partial charge in [-0.25, -0.2) is 0 Å². The first-order valence-electron chi connectivity index (χ1n) is 10.3. The lowest BCUT2D eigenvalue weighted by Gasteiger charge is -2.36. The summed E-state index contributed by atoms with van der Waals surface area (Å²) in [5.41, 5.74) is 7.53. The number of carbonyl (C=O) groups is 1. The number of anilines is 4. The van der Waals surface area contributed by atoms with Gasteiger partial charge in [0.15, 0.2) is 11.5 Å². The van der Waals surface area contributed by atoms with E-state index in [1.54, 1.807) is 0 Å². The highest BCUT2D eigenvalue weighted by molar-refractivity contribution is 5.95. The normalized spacial score (nSPS) is 17.2. The molecule has 1 aliphatic carbocycles. The lowest BCUT2D eigenvalue weighted by atomic mass is 10.2.